The van der Waals surface area contributed by atoms with Gasteiger partial charge < -0.3 is 18.6 Å². The lowest BCUT2D eigenvalue weighted by atomic mass is 10.0. The molecule has 1 fully saturated rings. The highest BCUT2D eigenvalue weighted by Crippen LogP contribution is 2.28. The summed E-state index contributed by atoms with van der Waals surface area (Å²) in [5.74, 6) is 1.66. The van der Waals surface area contributed by atoms with Gasteiger partial charge in [-0.1, -0.05) is 17.3 Å². The van der Waals surface area contributed by atoms with E-state index in [9.17, 15) is 4.79 Å². The van der Waals surface area contributed by atoms with E-state index in [-0.39, 0.29) is 17.6 Å². The molecule has 0 radical (unpaired) electrons. The molecule has 1 unspecified atom stereocenters. The van der Waals surface area contributed by atoms with Gasteiger partial charge in [0.2, 0.25) is 5.76 Å². The van der Waals surface area contributed by atoms with Crippen LogP contribution in [0.4, 0.5) is 0 Å². The molecule has 0 N–H and O–H groups in total. The van der Waals surface area contributed by atoms with Crippen LogP contribution >= 0.6 is 0 Å². The van der Waals surface area contributed by atoms with Crippen LogP contribution in [0.2, 0.25) is 0 Å². The number of amides is 1. The van der Waals surface area contributed by atoms with E-state index >= 15 is 0 Å². The Morgan fingerprint density at radius 1 is 1.19 bits per heavy atom. The Kier molecular flexibility index (Phi) is 4.68. The van der Waals surface area contributed by atoms with Crippen molar-refractivity contribution in [2.75, 3.05) is 33.8 Å². The van der Waals surface area contributed by atoms with E-state index < -0.39 is 0 Å². The molecular formula is C20H21N3O4. The number of rotatable bonds is 4. The molecule has 0 spiro atoms. The molecule has 0 aliphatic carbocycles. The summed E-state index contributed by atoms with van der Waals surface area (Å²) >= 11 is 0. The van der Waals surface area contributed by atoms with Gasteiger partial charge in [-0.15, -0.1) is 0 Å². The first-order valence-corrected chi connectivity index (χ1v) is 8.80. The molecule has 7 nitrogen and oxygen atoms in total. The van der Waals surface area contributed by atoms with Crippen LogP contribution in [0.5, 0.6) is 5.75 Å². The highest BCUT2D eigenvalue weighted by molar-refractivity contribution is 5.93. The van der Waals surface area contributed by atoms with Gasteiger partial charge in [0.05, 0.1) is 19.4 Å². The van der Waals surface area contributed by atoms with Crippen molar-refractivity contribution in [3.63, 3.8) is 0 Å². The predicted molar refractivity (Wildman–Crippen MR) is 98.5 cm³/mol. The molecule has 1 amide bonds. The maximum Gasteiger partial charge on any atom is 0.276 e. The van der Waals surface area contributed by atoms with Crippen LogP contribution in [0.15, 0.2) is 57.7 Å². The number of furan rings is 1. The fourth-order valence-corrected chi connectivity index (χ4v) is 3.34. The normalized spacial score (nSPS) is 17.9. The third-order valence-electron chi connectivity index (χ3n) is 4.91. The number of benzene rings is 1. The molecule has 4 rings (SSSR count). The molecule has 2 aromatic heterocycles. The van der Waals surface area contributed by atoms with Gasteiger partial charge in [0.25, 0.3) is 5.91 Å². The third-order valence-corrected chi connectivity index (χ3v) is 4.91. The molecule has 0 bridgehead atoms. The minimum atomic E-state index is -0.141. The summed E-state index contributed by atoms with van der Waals surface area (Å²) in [6.07, 6.45) is 1.55. The highest BCUT2D eigenvalue weighted by Gasteiger charge is 2.30. The first kappa shape index (κ1) is 17.4. The number of likely N-dealkylation sites (N-methyl/N-ethyl adjacent to an activating group) is 1. The molecule has 0 saturated carbocycles. The van der Waals surface area contributed by atoms with E-state index in [0.29, 0.717) is 24.6 Å². The van der Waals surface area contributed by atoms with E-state index in [1.807, 2.05) is 23.1 Å². The molecule has 1 aromatic carbocycles. The average Bonchev–Trinajstić information content (AvgIpc) is 3.39. The van der Waals surface area contributed by atoms with Crippen LogP contribution < -0.4 is 4.74 Å². The summed E-state index contributed by atoms with van der Waals surface area (Å²) in [4.78, 5) is 17.0. The van der Waals surface area contributed by atoms with Gasteiger partial charge in [-0.25, -0.2) is 0 Å². The van der Waals surface area contributed by atoms with Crippen molar-refractivity contribution in [2.45, 2.75) is 6.04 Å². The van der Waals surface area contributed by atoms with E-state index in [1.54, 1.807) is 31.6 Å². The number of ether oxygens (including phenoxy) is 1. The van der Waals surface area contributed by atoms with Crippen LogP contribution in [0.25, 0.3) is 11.5 Å². The molecule has 140 valence electrons. The maximum atomic E-state index is 12.9. The summed E-state index contributed by atoms with van der Waals surface area (Å²) in [7, 11) is 3.72. The largest absolute Gasteiger partial charge is 0.497 e. The first-order chi connectivity index (χ1) is 13.2. The second-order valence-corrected chi connectivity index (χ2v) is 6.58. The monoisotopic (exact) mass is 367 g/mol. The summed E-state index contributed by atoms with van der Waals surface area (Å²) in [6.45, 7) is 1.99. The highest BCUT2D eigenvalue weighted by atomic mass is 16.5. The zero-order valence-electron chi connectivity index (χ0n) is 15.3. The van der Waals surface area contributed by atoms with Crippen LogP contribution in [0.1, 0.15) is 22.1 Å². The lowest BCUT2D eigenvalue weighted by Crippen LogP contribution is -2.49. The second kappa shape index (κ2) is 7.28. The van der Waals surface area contributed by atoms with E-state index in [1.165, 1.54) is 0 Å². The third kappa shape index (κ3) is 3.46. The number of methoxy groups -OCH3 is 1. The van der Waals surface area contributed by atoms with Gasteiger partial charge in [-0.2, -0.15) is 0 Å². The molecule has 1 aliphatic rings. The minimum Gasteiger partial charge on any atom is -0.497 e. The molecule has 3 heterocycles. The van der Waals surface area contributed by atoms with Crippen molar-refractivity contribution in [1.82, 2.24) is 15.0 Å². The minimum absolute atomic E-state index is 0.0919. The number of hydrogen-bond acceptors (Lipinski definition) is 6. The van der Waals surface area contributed by atoms with E-state index in [4.69, 9.17) is 13.7 Å². The van der Waals surface area contributed by atoms with Crippen molar-refractivity contribution in [3.8, 4) is 17.3 Å². The molecule has 3 aromatic rings. The predicted octanol–water partition coefficient (Wildman–Crippen LogP) is 3.07. The SMILES string of the molecule is COc1cccc(C2CN(C(=O)c3cc(-c4ccco4)on3)CCN2C)c1. The standard InChI is InChI=1S/C20H21N3O4/c1-22-8-9-23(13-17(22)14-5-3-6-15(11-14)25-2)20(24)16-12-19(27-21-16)18-7-4-10-26-18/h3-7,10-12,17H,8-9,13H2,1-2H3. The van der Waals surface area contributed by atoms with Gasteiger partial charge in [0, 0.05) is 25.7 Å². The molecule has 7 heteroatoms. The van der Waals surface area contributed by atoms with Crippen LogP contribution in [-0.4, -0.2) is 54.7 Å². The summed E-state index contributed by atoms with van der Waals surface area (Å²) in [5.41, 5.74) is 1.40. The van der Waals surface area contributed by atoms with Crippen LogP contribution in [-0.2, 0) is 0 Å². The number of carbonyl (C=O) groups excluding carboxylic acids is 1. The Morgan fingerprint density at radius 2 is 2.07 bits per heavy atom. The number of hydrogen-bond donors (Lipinski definition) is 0. The Morgan fingerprint density at radius 3 is 2.85 bits per heavy atom. The molecular weight excluding hydrogens is 346 g/mol. The molecule has 1 atom stereocenters. The summed E-state index contributed by atoms with van der Waals surface area (Å²) in [6, 6.07) is 13.2. The molecule has 1 saturated heterocycles. The Balaban J connectivity index is 1.53. The quantitative estimate of drug-likeness (QED) is 0.706. The Bertz CT molecular complexity index is 919. The van der Waals surface area contributed by atoms with Crippen molar-refractivity contribution in [1.29, 1.82) is 0 Å². The van der Waals surface area contributed by atoms with Gasteiger partial charge in [0.1, 0.15) is 5.75 Å². The van der Waals surface area contributed by atoms with Crippen LogP contribution in [0, 0.1) is 0 Å². The van der Waals surface area contributed by atoms with E-state index in [2.05, 4.69) is 23.2 Å². The fourth-order valence-electron chi connectivity index (χ4n) is 3.34. The van der Waals surface area contributed by atoms with Gasteiger partial charge in [-0.05, 0) is 36.9 Å². The van der Waals surface area contributed by atoms with Crippen molar-refractivity contribution in [2.24, 2.45) is 0 Å². The van der Waals surface area contributed by atoms with Gasteiger partial charge in [0.15, 0.2) is 11.5 Å². The lowest BCUT2D eigenvalue weighted by molar-refractivity contribution is 0.0536. The maximum absolute atomic E-state index is 12.9. The summed E-state index contributed by atoms with van der Waals surface area (Å²) < 4.78 is 15.9. The topological polar surface area (TPSA) is 72.0 Å². The number of aromatic nitrogens is 1. The number of nitrogens with zero attached hydrogens (tertiary/aromatic N) is 3. The average molecular weight is 367 g/mol. The number of carbonyl (C=O) groups is 1. The summed E-state index contributed by atoms with van der Waals surface area (Å²) in [5, 5.41) is 3.93. The van der Waals surface area contributed by atoms with Crippen molar-refractivity contribution >= 4 is 5.91 Å². The lowest BCUT2D eigenvalue weighted by Gasteiger charge is -2.39. The van der Waals surface area contributed by atoms with E-state index in [0.717, 1.165) is 17.9 Å². The zero-order chi connectivity index (χ0) is 18.8. The second-order valence-electron chi connectivity index (χ2n) is 6.58. The fraction of sp³-hybridized carbons (Fsp3) is 0.300. The van der Waals surface area contributed by atoms with Gasteiger partial charge in [-0.3, -0.25) is 9.69 Å². The molecule has 1 aliphatic heterocycles. The van der Waals surface area contributed by atoms with Crippen molar-refractivity contribution in [3.05, 3.63) is 60.0 Å². The smallest absolute Gasteiger partial charge is 0.276 e. The first-order valence-electron chi connectivity index (χ1n) is 8.80. The van der Waals surface area contributed by atoms with Gasteiger partial charge >= 0.3 is 0 Å². The Hall–Kier alpha value is -3.06. The van der Waals surface area contributed by atoms with Crippen molar-refractivity contribution < 1.29 is 18.5 Å². The Labute approximate surface area is 157 Å². The van der Waals surface area contributed by atoms with Crippen LogP contribution in [0.3, 0.4) is 0 Å². The number of piperazine rings is 1. The molecule has 27 heavy (non-hydrogen) atoms. The zero-order valence-corrected chi connectivity index (χ0v) is 15.3.